The Morgan fingerprint density at radius 1 is 1.33 bits per heavy atom. The number of benzene rings is 1. The van der Waals surface area contributed by atoms with Gasteiger partial charge in [-0.1, -0.05) is 29.3 Å². The van der Waals surface area contributed by atoms with Gasteiger partial charge in [0.25, 0.3) is 0 Å². The Balaban J connectivity index is 0.00000220. The fraction of sp³-hybridized carbons (Fsp3) is 0.533. The lowest BCUT2D eigenvalue weighted by Crippen LogP contribution is -2.29. The van der Waals surface area contributed by atoms with Crippen molar-refractivity contribution in [3.05, 3.63) is 33.8 Å². The number of hydrogen-bond acceptors (Lipinski definition) is 2. The predicted octanol–water partition coefficient (Wildman–Crippen LogP) is 3.55. The first-order chi connectivity index (χ1) is 9.60. The molecule has 1 aromatic rings. The molecule has 2 N–H and O–H groups in total. The molecule has 1 heterocycles. The summed E-state index contributed by atoms with van der Waals surface area (Å²) in [5, 5.41) is 1.14. The van der Waals surface area contributed by atoms with Gasteiger partial charge in [0.05, 0.1) is 10.0 Å². The fourth-order valence-electron chi connectivity index (χ4n) is 2.55. The summed E-state index contributed by atoms with van der Waals surface area (Å²) in [6.45, 7) is 2.35. The molecule has 1 saturated heterocycles. The largest absolute Gasteiger partial charge is 0.342 e. The highest BCUT2D eigenvalue weighted by Gasteiger charge is 2.24. The first-order valence-corrected chi connectivity index (χ1v) is 7.77. The second-order valence-electron chi connectivity index (χ2n) is 5.33. The van der Waals surface area contributed by atoms with Crippen LogP contribution in [0.4, 0.5) is 0 Å². The zero-order chi connectivity index (χ0) is 14.5. The lowest BCUT2D eigenvalue weighted by atomic mass is 10.1. The van der Waals surface area contributed by atoms with E-state index in [4.69, 9.17) is 28.9 Å². The van der Waals surface area contributed by atoms with E-state index in [2.05, 4.69) is 0 Å². The van der Waals surface area contributed by atoms with Crippen molar-refractivity contribution >= 4 is 41.5 Å². The summed E-state index contributed by atoms with van der Waals surface area (Å²) < 4.78 is 0. The minimum absolute atomic E-state index is 0. The SMILES string of the molecule is Cl.NCC1CCN(C(=O)CCCc2ccc(Cl)c(Cl)c2)C1. The van der Waals surface area contributed by atoms with Crippen molar-refractivity contribution in [1.82, 2.24) is 4.90 Å². The first-order valence-electron chi connectivity index (χ1n) is 7.02. The molecule has 1 atom stereocenters. The zero-order valence-corrected chi connectivity index (χ0v) is 14.2. The highest BCUT2D eigenvalue weighted by Crippen LogP contribution is 2.23. The molecular formula is C15H21Cl3N2O. The number of amides is 1. The molecule has 0 bridgehead atoms. The van der Waals surface area contributed by atoms with Crippen molar-refractivity contribution in [2.24, 2.45) is 11.7 Å². The molecule has 1 amide bonds. The van der Waals surface area contributed by atoms with Gasteiger partial charge in [0.15, 0.2) is 0 Å². The third kappa shape index (κ3) is 5.33. The van der Waals surface area contributed by atoms with E-state index in [0.29, 0.717) is 28.9 Å². The first kappa shape index (κ1) is 18.6. The summed E-state index contributed by atoms with van der Waals surface area (Å²) in [7, 11) is 0. The molecule has 1 fully saturated rings. The minimum Gasteiger partial charge on any atom is -0.342 e. The quantitative estimate of drug-likeness (QED) is 0.882. The van der Waals surface area contributed by atoms with Crippen LogP contribution < -0.4 is 5.73 Å². The number of aryl methyl sites for hydroxylation is 1. The molecular weight excluding hydrogens is 331 g/mol. The van der Waals surface area contributed by atoms with Crippen LogP contribution in [0.15, 0.2) is 18.2 Å². The van der Waals surface area contributed by atoms with Gasteiger partial charge < -0.3 is 10.6 Å². The second-order valence-corrected chi connectivity index (χ2v) is 6.15. The van der Waals surface area contributed by atoms with Crippen LogP contribution in [-0.2, 0) is 11.2 Å². The van der Waals surface area contributed by atoms with Crippen LogP contribution in [0.1, 0.15) is 24.8 Å². The van der Waals surface area contributed by atoms with Gasteiger partial charge in [-0.25, -0.2) is 0 Å². The van der Waals surface area contributed by atoms with Crippen LogP contribution in [0.5, 0.6) is 0 Å². The van der Waals surface area contributed by atoms with Gasteiger partial charge in [0.1, 0.15) is 0 Å². The number of rotatable bonds is 5. The molecule has 0 saturated carbocycles. The molecule has 0 aromatic heterocycles. The number of hydrogen-bond donors (Lipinski definition) is 1. The van der Waals surface area contributed by atoms with Crippen molar-refractivity contribution in [3.63, 3.8) is 0 Å². The molecule has 0 radical (unpaired) electrons. The summed E-state index contributed by atoms with van der Waals surface area (Å²) in [5.74, 6) is 0.718. The van der Waals surface area contributed by atoms with Crippen molar-refractivity contribution in [1.29, 1.82) is 0 Å². The molecule has 1 aromatic carbocycles. The Bertz CT molecular complexity index is 482. The number of carbonyl (C=O) groups excluding carboxylic acids is 1. The van der Waals surface area contributed by atoms with Crippen molar-refractivity contribution < 1.29 is 4.79 Å². The van der Waals surface area contributed by atoms with Gasteiger partial charge in [0, 0.05) is 19.5 Å². The molecule has 1 aliphatic rings. The Labute approximate surface area is 142 Å². The molecule has 2 rings (SSSR count). The maximum atomic E-state index is 12.1. The number of halogens is 3. The zero-order valence-electron chi connectivity index (χ0n) is 11.9. The van der Waals surface area contributed by atoms with Crippen molar-refractivity contribution in [2.75, 3.05) is 19.6 Å². The minimum atomic E-state index is 0. The van der Waals surface area contributed by atoms with Crippen LogP contribution in [0.3, 0.4) is 0 Å². The molecule has 1 unspecified atom stereocenters. The highest BCUT2D eigenvalue weighted by atomic mass is 35.5. The molecule has 0 aliphatic carbocycles. The average Bonchev–Trinajstić information content (AvgIpc) is 2.91. The normalized spacial score (nSPS) is 17.7. The summed E-state index contributed by atoms with van der Waals surface area (Å²) in [6.07, 6.45) is 3.30. The van der Waals surface area contributed by atoms with E-state index in [0.717, 1.165) is 37.9 Å². The van der Waals surface area contributed by atoms with E-state index in [1.165, 1.54) is 0 Å². The van der Waals surface area contributed by atoms with E-state index in [1.54, 1.807) is 6.07 Å². The molecule has 6 heteroatoms. The van der Waals surface area contributed by atoms with Crippen LogP contribution in [0, 0.1) is 5.92 Å². The van der Waals surface area contributed by atoms with E-state index < -0.39 is 0 Å². The molecule has 3 nitrogen and oxygen atoms in total. The lowest BCUT2D eigenvalue weighted by molar-refractivity contribution is -0.130. The second kappa shape index (κ2) is 8.84. The number of nitrogens with two attached hydrogens (primary N) is 1. The van der Waals surface area contributed by atoms with E-state index in [9.17, 15) is 4.79 Å². The monoisotopic (exact) mass is 350 g/mol. The number of nitrogens with zero attached hydrogens (tertiary/aromatic N) is 1. The Kier molecular flexibility index (Phi) is 7.82. The fourth-order valence-corrected chi connectivity index (χ4v) is 2.87. The van der Waals surface area contributed by atoms with Crippen LogP contribution in [0.25, 0.3) is 0 Å². The molecule has 1 aliphatic heterocycles. The summed E-state index contributed by atoms with van der Waals surface area (Å²) in [5.41, 5.74) is 6.76. The van der Waals surface area contributed by atoms with Gasteiger partial charge in [-0.05, 0) is 49.4 Å². The Morgan fingerprint density at radius 2 is 2.10 bits per heavy atom. The molecule has 0 spiro atoms. The van der Waals surface area contributed by atoms with Gasteiger partial charge in [0.2, 0.25) is 5.91 Å². The van der Waals surface area contributed by atoms with Gasteiger partial charge in [-0.2, -0.15) is 0 Å². The van der Waals surface area contributed by atoms with Gasteiger partial charge in [-0.15, -0.1) is 12.4 Å². The third-order valence-electron chi connectivity index (χ3n) is 3.81. The highest BCUT2D eigenvalue weighted by molar-refractivity contribution is 6.42. The Hall–Kier alpha value is -0.480. The standard InChI is InChI=1S/C15H20Cl2N2O.ClH/c16-13-5-4-11(8-14(13)17)2-1-3-15(20)19-7-6-12(9-18)10-19;/h4-5,8,12H,1-3,6-7,9-10,18H2;1H. The van der Waals surface area contributed by atoms with E-state index in [-0.39, 0.29) is 18.3 Å². The lowest BCUT2D eigenvalue weighted by Gasteiger charge is -2.16. The topological polar surface area (TPSA) is 46.3 Å². The van der Waals surface area contributed by atoms with Crippen molar-refractivity contribution in [2.45, 2.75) is 25.7 Å². The summed E-state index contributed by atoms with van der Waals surface area (Å²) in [6, 6.07) is 5.63. The maximum Gasteiger partial charge on any atom is 0.222 e. The predicted molar refractivity (Wildman–Crippen MR) is 90.4 cm³/mol. The average molecular weight is 352 g/mol. The van der Waals surface area contributed by atoms with Crippen LogP contribution in [-0.4, -0.2) is 30.4 Å². The smallest absolute Gasteiger partial charge is 0.222 e. The van der Waals surface area contributed by atoms with E-state index >= 15 is 0 Å². The summed E-state index contributed by atoms with van der Waals surface area (Å²) >= 11 is 11.8. The number of carbonyl (C=O) groups is 1. The third-order valence-corrected chi connectivity index (χ3v) is 4.55. The molecule has 21 heavy (non-hydrogen) atoms. The van der Waals surface area contributed by atoms with Crippen LogP contribution in [0.2, 0.25) is 10.0 Å². The summed E-state index contributed by atoms with van der Waals surface area (Å²) in [4.78, 5) is 14.0. The van der Waals surface area contributed by atoms with Gasteiger partial charge in [-0.3, -0.25) is 4.79 Å². The van der Waals surface area contributed by atoms with Crippen molar-refractivity contribution in [3.8, 4) is 0 Å². The maximum absolute atomic E-state index is 12.1. The van der Waals surface area contributed by atoms with Gasteiger partial charge >= 0.3 is 0 Å². The van der Waals surface area contributed by atoms with E-state index in [1.807, 2.05) is 17.0 Å². The molecule has 118 valence electrons. The Morgan fingerprint density at radius 3 is 2.71 bits per heavy atom. The van der Waals surface area contributed by atoms with Crippen LogP contribution >= 0.6 is 35.6 Å². The number of likely N-dealkylation sites (tertiary alicyclic amines) is 1.